The van der Waals surface area contributed by atoms with Gasteiger partial charge >= 0.3 is 0 Å². The Kier molecular flexibility index (Phi) is 2.97. The first-order valence-electron chi connectivity index (χ1n) is 3.41. The van der Waals surface area contributed by atoms with E-state index in [1.54, 1.807) is 12.1 Å². The second-order valence-corrected chi connectivity index (χ2v) is 3.54. The third kappa shape index (κ3) is 1.72. The van der Waals surface area contributed by atoms with Crippen LogP contribution in [0.25, 0.3) is 0 Å². The number of Topliss-reactive ketones (excluding diaryl/α,β-unsaturated/α-hetero) is 1. The number of ketones is 1. The molecule has 0 aromatic heterocycles. The van der Waals surface area contributed by atoms with Gasteiger partial charge in [0.15, 0.2) is 12.1 Å². The van der Waals surface area contributed by atoms with Gasteiger partial charge in [0.05, 0.1) is 0 Å². The molecule has 0 aliphatic heterocycles. The first-order valence-corrected chi connectivity index (χ1v) is 4.49. The molecule has 0 spiro atoms. The van der Waals surface area contributed by atoms with Crippen molar-refractivity contribution in [3.8, 4) is 0 Å². The summed E-state index contributed by atoms with van der Waals surface area (Å²) in [5, 5.41) is 0. The van der Waals surface area contributed by atoms with Gasteiger partial charge in [-0.1, -0.05) is 12.1 Å². The lowest BCUT2D eigenvalue weighted by Crippen LogP contribution is -2.01. The largest absolute Gasteiger partial charge is 0.298 e. The van der Waals surface area contributed by atoms with Crippen molar-refractivity contribution in [3.05, 3.63) is 32.9 Å². The van der Waals surface area contributed by atoms with Crippen LogP contribution in [-0.2, 0) is 0 Å². The zero-order valence-electron chi connectivity index (χ0n) is 6.50. The molecular weight excluding hydrogens is 267 g/mol. The van der Waals surface area contributed by atoms with Crippen LogP contribution < -0.4 is 0 Å². The second-order valence-electron chi connectivity index (χ2n) is 2.38. The highest BCUT2D eigenvalue weighted by Gasteiger charge is 2.09. The van der Waals surface area contributed by atoms with Crippen LogP contribution in [0.1, 0.15) is 27.6 Å². The Bertz CT molecular complexity index is 331. The van der Waals surface area contributed by atoms with Crippen molar-refractivity contribution in [1.82, 2.24) is 0 Å². The van der Waals surface area contributed by atoms with Gasteiger partial charge < -0.3 is 0 Å². The molecule has 0 N–H and O–H groups in total. The SMILES string of the molecule is CC(=O)c1c(I)cccc1C=O. The van der Waals surface area contributed by atoms with Crippen LogP contribution >= 0.6 is 22.6 Å². The van der Waals surface area contributed by atoms with Crippen LogP contribution in [0.4, 0.5) is 0 Å². The third-order valence-electron chi connectivity index (χ3n) is 1.52. The maximum absolute atomic E-state index is 11.1. The highest BCUT2D eigenvalue weighted by Crippen LogP contribution is 2.15. The summed E-state index contributed by atoms with van der Waals surface area (Å²) in [5.74, 6) is -0.0675. The molecule has 0 heterocycles. The van der Waals surface area contributed by atoms with E-state index in [4.69, 9.17) is 0 Å². The fraction of sp³-hybridized carbons (Fsp3) is 0.111. The average molecular weight is 274 g/mol. The van der Waals surface area contributed by atoms with Crippen molar-refractivity contribution in [1.29, 1.82) is 0 Å². The first-order chi connectivity index (χ1) is 5.66. The van der Waals surface area contributed by atoms with E-state index in [2.05, 4.69) is 0 Å². The van der Waals surface area contributed by atoms with Gasteiger partial charge in [-0.2, -0.15) is 0 Å². The lowest BCUT2D eigenvalue weighted by molar-refractivity contribution is 0.100. The molecule has 0 atom stereocenters. The first kappa shape index (κ1) is 9.38. The molecule has 0 unspecified atom stereocenters. The molecule has 0 aliphatic rings. The van der Waals surface area contributed by atoms with Gasteiger partial charge in [-0.15, -0.1) is 0 Å². The predicted molar refractivity (Wildman–Crippen MR) is 54.6 cm³/mol. The molecule has 1 aromatic carbocycles. The molecule has 62 valence electrons. The smallest absolute Gasteiger partial charge is 0.161 e. The van der Waals surface area contributed by atoms with E-state index >= 15 is 0 Å². The lowest BCUT2D eigenvalue weighted by Gasteiger charge is -2.01. The summed E-state index contributed by atoms with van der Waals surface area (Å²) in [6.07, 6.45) is 0.707. The maximum Gasteiger partial charge on any atom is 0.161 e. The molecule has 0 saturated carbocycles. The summed E-state index contributed by atoms with van der Waals surface area (Å²) in [7, 11) is 0. The zero-order valence-corrected chi connectivity index (χ0v) is 8.66. The standard InChI is InChI=1S/C9H7IO2/c1-6(12)9-7(5-11)3-2-4-8(9)10/h2-5H,1H3. The third-order valence-corrected chi connectivity index (χ3v) is 2.42. The number of hydrogen-bond donors (Lipinski definition) is 0. The zero-order chi connectivity index (χ0) is 9.14. The van der Waals surface area contributed by atoms with Crippen molar-refractivity contribution in [2.24, 2.45) is 0 Å². The summed E-state index contributed by atoms with van der Waals surface area (Å²) in [6, 6.07) is 5.22. The summed E-state index contributed by atoms with van der Waals surface area (Å²) >= 11 is 2.04. The van der Waals surface area contributed by atoms with E-state index in [0.717, 1.165) is 3.57 Å². The van der Waals surface area contributed by atoms with Crippen molar-refractivity contribution >= 4 is 34.7 Å². The molecule has 0 fully saturated rings. The summed E-state index contributed by atoms with van der Waals surface area (Å²) in [5.41, 5.74) is 0.988. The normalized spacial score (nSPS) is 9.50. The number of rotatable bonds is 2. The number of carbonyl (C=O) groups is 2. The number of benzene rings is 1. The number of aldehydes is 1. The molecule has 1 rings (SSSR count). The van der Waals surface area contributed by atoms with E-state index in [1.807, 2.05) is 28.7 Å². The second kappa shape index (κ2) is 3.80. The number of carbonyl (C=O) groups excluding carboxylic acids is 2. The van der Waals surface area contributed by atoms with Crippen LogP contribution in [0.5, 0.6) is 0 Å². The maximum atomic E-state index is 11.1. The highest BCUT2D eigenvalue weighted by molar-refractivity contribution is 14.1. The average Bonchev–Trinajstić information content (AvgIpc) is 2.03. The van der Waals surface area contributed by atoms with Gasteiger partial charge in [-0.25, -0.2) is 0 Å². The summed E-state index contributed by atoms with van der Waals surface area (Å²) in [4.78, 5) is 21.6. The van der Waals surface area contributed by atoms with E-state index in [9.17, 15) is 9.59 Å². The van der Waals surface area contributed by atoms with Crippen molar-refractivity contribution in [3.63, 3.8) is 0 Å². The van der Waals surface area contributed by atoms with E-state index in [0.29, 0.717) is 17.4 Å². The number of halogens is 1. The van der Waals surface area contributed by atoms with Gasteiger partial charge in [-0.05, 0) is 35.6 Å². The van der Waals surface area contributed by atoms with E-state index < -0.39 is 0 Å². The number of hydrogen-bond acceptors (Lipinski definition) is 2. The molecule has 0 saturated heterocycles. The minimum absolute atomic E-state index is 0.0675. The molecule has 0 bridgehead atoms. The lowest BCUT2D eigenvalue weighted by atomic mass is 10.1. The molecule has 3 heteroatoms. The Morgan fingerprint density at radius 2 is 2.17 bits per heavy atom. The van der Waals surface area contributed by atoms with Crippen LogP contribution in [0.15, 0.2) is 18.2 Å². The van der Waals surface area contributed by atoms with Gasteiger partial charge in [0.1, 0.15) is 0 Å². The van der Waals surface area contributed by atoms with Crippen molar-refractivity contribution in [2.45, 2.75) is 6.92 Å². The summed E-state index contributed by atoms with van der Waals surface area (Å²) in [6.45, 7) is 1.46. The topological polar surface area (TPSA) is 34.1 Å². The Hall–Kier alpha value is -0.710. The highest BCUT2D eigenvalue weighted by atomic mass is 127. The molecule has 0 radical (unpaired) electrons. The fourth-order valence-electron chi connectivity index (χ4n) is 1.01. The van der Waals surface area contributed by atoms with E-state index in [1.165, 1.54) is 6.92 Å². The van der Waals surface area contributed by atoms with Gasteiger partial charge in [0.25, 0.3) is 0 Å². The molecule has 0 amide bonds. The van der Waals surface area contributed by atoms with Gasteiger partial charge in [0.2, 0.25) is 0 Å². The Labute approximate surface area is 84.1 Å². The minimum atomic E-state index is -0.0675. The Balaban J connectivity index is 3.39. The van der Waals surface area contributed by atoms with Crippen LogP contribution in [0.3, 0.4) is 0 Å². The fourth-order valence-corrected chi connectivity index (χ4v) is 1.91. The van der Waals surface area contributed by atoms with Gasteiger partial charge in [0, 0.05) is 14.7 Å². The molecule has 1 aromatic rings. The Morgan fingerprint density at radius 3 is 2.58 bits per heavy atom. The van der Waals surface area contributed by atoms with Gasteiger partial charge in [-0.3, -0.25) is 9.59 Å². The van der Waals surface area contributed by atoms with Crippen LogP contribution in [0, 0.1) is 3.57 Å². The quantitative estimate of drug-likeness (QED) is 0.471. The van der Waals surface area contributed by atoms with Crippen molar-refractivity contribution < 1.29 is 9.59 Å². The summed E-state index contributed by atoms with van der Waals surface area (Å²) < 4.78 is 0.824. The molecule has 12 heavy (non-hydrogen) atoms. The minimum Gasteiger partial charge on any atom is -0.298 e. The van der Waals surface area contributed by atoms with Crippen molar-refractivity contribution in [2.75, 3.05) is 0 Å². The van der Waals surface area contributed by atoms with E-state index in [-0.39, 0.29) is 5.78 Å². The Morgan fingerprint density at radius 1 is 1.50 bits per heavy atom. The van der Waals surface area contributed by atoms with Crippen LogP contribution in [0.2, 0.25) is 0 Å². The molecular formula is C9H7IO2. The predicted octanol–water partition coefficient (Wildman–Crippen LogP) is 2.31. The molecule has 2 nitrogen and oxygen atoms in total. The van der Waals surface area contributed by atoms with Crippen LogP contribution in [-0.4, -0.2) is 12.1 Å². The molecule has 0 aliphatic carbocycles. The monoisotopic (exact) mass is 274 g/mol.